The first-order valence-electron chi connectivity index (χ1n) is 13.3. The van der Waals surface area contributed by atoms with Crippen molar-refractivity contribution in [3.8, 4) is 0 Å². The monoisotopic (exact) mass is 690 g/mol. The number of aryl methyl sites for hydroxylation is 1. The van der Waals surface area contributed by atoms with Crippen LogP contribution < -0.4 is 11.2 Å². The number of benzene rings is 2. The van der Waals surface area contributed by atoms with Gasteiger partial charge in [-0.15, -0.1) is 0 Å². The van der Waals surface area contributed by atoms with Gasteiger partial charge in [-0.1, -0.05) is 60.7 Å². The van der Waals surface area contributed by atoms with Crippen LogP contribution in [0.1, 0.15) is 23.8 Å². The molecule has 2 saturated heterocycles. The number of hydrogen-bond acceptors (Lipinski definition) is 12. The molecule has 45 heavy (non-hydrogen) atoms. The normalized spacial score (nSPS) is 26.9. The highest BCUT2D eigenvalue weighted by Crippen LogP contribution is 2.68. The summed E-state index contributed by atoms with van der Waals surface area (Å²) in [5.74, 6) is 0. The van der Waals surface area contributed by atoms with Gasteiger partial charge in [0.25, 0.3) is 5.56 Å². The van der Waals surface area contributed by atoms with Crippen LogP contribution in [-0.2, 0) is 58.6 Å². The summed E-state index contributed by atoms with van der Waals surface area (Å²) in [4.78, 5) is 56.0. The highest BCUT2D eigenvalue weighted by molar-refractivity contribution is 7.66. The summed E-state index contributed by atoms with van der Waals surface area (Å²) in [7, 11) is -16.4. The molecule has 5 unspecified atom stereocenters. The molecule has 3 aromatic rings. The number of H-pyrrole nitrogens is 1. The third kappa shape index (κ3) is 9.24. The lowest BCUT2D eigenvalue weighted by Crippen LogP contribution is -2.36. The van der Waals surface area contributed by atoms with E-state index in [1.165, 1.54) is 6.20 Å². The molecule has 244 valence electrons. The number of fused-ring (bicyclic) bond motifs is 1. The molecule has 17 nitrogen and oxygen atoms in total. The first kappa shape index (κ1) is 33.8. The van der Waals surface area contributed by atoms with Crippen LogP contribution in [0.4, 0.5) is 0 Å². The van der Waals surface area contributed by atoms with E-state index in [0.29, 0.717) is 18.4 Å². The van der Waals surface area contributed by atoms with Crippen LogP contribution in [0.25, 0.3) is 0 Å². The van der Waals surface area contributed by atoms with Crippen molar-refractivity contribution in [3.05, 3.63) is 105 Å². The van der Waals surface area contributed by atoms with E-state index in [-0.39, 0.29) is 0 Å². The summed E-state index contributed by atoms with van der Waals surface area (Å²) in [6, 6.07) is 18.6. The molecule has 2 fully saturated rings. The minimum atomic E-state index is -5.71. The maximum Gasteiger partial charge on any atom is 0.490 e. The molecular weight excluding hydrogens is 661 g/mol. The third-order valence-corrected chi connectivity index (χ3v) is 10.8. The fourth-order valence-corrected chi connectivity index (χ4v) is 8.17. The average molecular weight is 690 g/mol. The number of nitrogens with one attached hydrogen (secondary N) is 1. The number of rotatable bonds is 14. The van der Waals surface area contributed by atoms with Gasteiger partial charge >= 0.3 is 29.2 Å². The van der Waals surface area contributed by atoms with E-state index in [2.05, 4.69) is 18.1 Å². The number of ether oxygens (including phenoxy) is 3. The number of nitrogens with zero attached hydrogens (tertiary/aromatic N) is 1. The molecule has 2 aliphatic rings. The number of phosphoric ester groups is 2. The molecule has 0 spiro atoms. The lowest BCUT2D eigenvalue weighted by Gasteiger charge is -2.22. The number of hydrogen-bond donors (Lipinski definition) is 4. The average Bonchev–Trinajstić information content (AvgIpc) is 3.53. The molecule has 0 bridgehead atoms. The van der Waals surface area contributed by atoms with Crippen LogP contribution in [0.2, 0.25) is 0 Å². The Morgan fingerprint density at radius 2 is 1.36 bits per heavy atom. The Hall–Kier alpha value is -2.59. The van der Waals surface area contributed by atoms with Crippen molar-refractivity contribution in [1.29, 1.82) is 0 Å². The van der Waals surface area contributed by atoms with Gasteiger partial charge in [-0.3, -0.25) is 23.4 Å². The standard InChI is InChI=1S/C25H29N2O15P3/c28-20-13-14-27(25(29)26-20)24-23-22(39-21(40-23)12-11-17-7-3-1-4-8-17)19(38-24)16-37-44(32,33)42-45(34,35)41-43(30,31)36-15-18-9-5-2-6-10-18/h1-10,13-14,19,21-24H,11-12,15-16H2,(H,30,31)(H,32,33)(H,34,35)(H,26,28,29)/t19-,21?,22?,23+,24-/m1/s1. The van der Waals surface area contributed by atoms with Crippen molar-refractivity contribution in [2.75, 3.05) is 6.61 Å². The van der Waals surface area contributed by atoms with Crippen LogP contribution in [0, 0.1) is 0 Å². The van der Waals surface area contributed by atoms with Gasteiger partial charge in [-0.05, 0) is 17.5 Å². The zero-order valence-corrected chi connectivity index (χ0v) is 25.9. The highest BCUT2D eigenvalue weighted by atomic mass is 31.3. The van der Waals surface area contributed by atoms with E-state index in [4.69, 9.17) is 18.7 Å². The van der Waals surface area contributed by atoms with Crippen LogP contribution in [0.3, 0.4) is 0 Å². The Kier molecular flexibility index (Phi) is 10.5. The van der Waals surface area contributed by atoms with Crippen molar-refractivity contribution >= 4 is 23.5 Å². The smallest absolute Gasteiger partial charge is 0.346 e. The van der Waals surface area contributed by atoms with Crippen LogP contribution in [-0.4, -0.2) is 55.4 Å². The summed E-state index contributed by atoms with van der Waals surface area (Å²) in [6.07, 6.45) is -2.87. The third-order valence-electron chi connectivity index (χ3n) is 6.59. The molecule has 3 heterocycles. The molecule has 5 rings (SSSR count). The van der Waals surface area contributed by atoms with Crippen molar-refractivity contribution in [2.24, 2.45) is 0 Å². The summed E-state index contributed by atoms with van der Waals surface area (Å²) < 4.78 is 73.7. The predicted octanol–water partition coefficient (Wildman–Crippen LogP) is 2.74. The van der Waals surface area contributed by atoms with E-state index in [1.807, 2.05) is 30.3 Å². The second-order valence-corrected chi connectivity index (χ2v) is 14.5. The minimum absolute atomic E-state index is 0.401. The van der Waals surface area contributed by atoms with E-state index in [1.54, 1.807) is 30.3 Å². The Morgan fingerprint density at radius 1 is 0.756 bits per heavy atom. The largest absolute Gasteiger partial charge is 0.490 e. The summed E-state index contributed by atoms with van der Waals surface area (Å²) >= 11 is 0. The van der Waals surface area contributed by atoms with Crippen LogP contribution in [0.5, 0.6) is 0 Å². The summed E-state index contributed by atoms with van der Waals surface area (Å²) in [5, 5.41) is 0. The van der Waals surface area contributed by atoms with E-state index >= 15 is 0 Å². The number of aromatic nitrogens is 2. The maximum atomic E-state index is 12.6. The minimum Gasteiger partial charge on any atom is -0.346 e. The molecule has 2 aliphatic heterocycles. The quantitative estimate of drug-likeness (QED) is 0.178. The lowest BCUT2D eigenvalue weighted by atomic mass is 10.1. The lowest BCUT2D eigenvalue weighted by molar-refractivity contribution is -0.153. The van der Waals surface area contributed by atoms with E-state index < -0.39 is 78.8 Å². The molecule has 0 aliphatic carbocycles. The molecule has 2 aromatic carbocycles. The van der Waals surface area contributed by atoms with Gasteiger partial charge in [0, 0.05) is 18.7 Å². The second-order valence-electron chi connectivity index (χ2n) is 9.86. The topological polar surface area (TPSA) is 231 Å². The molecule has 0 radical (unpaired) electrons. The Morgan fingerprint density at radius 3 is 2.00 bits per heavy atom. The molecular formula is C25H29N2O15P3. The predicted molar refractivity (Wildman–Crippen MR) is 152 cm³/mol. The van der Waals surface area contributed by atoms with Crippen molar-refractivity contribution in [3.63, 3.8) is 0 Å². The SMILES string of the molecule is O=c1ccn([C@@H]2O[C@H](COP(=O)(O)OP(=O)(O)OP(=O)(O)OCc3ccccc3)C3OC(CCc4ccccc4)O[C@@H]32)c(=O)[nH]1. The highest BCUT2D eigenvalue weighted by Gasteiger charge is 2.54. The van der Waals surface area contributed by atoms with Crippen molar-refractivity contribution in [2.45, 2.75) is 50.3 Å². The molecule has 8 atom stereocenters. The maximum absolute atomic E-state index is 12.6. The van der Waals surface area contributed by atoms with E-state index in [0.717, 1.165) is 16.2 Å². The Labute approximate surface area is 255 Å². The molecule has 20 heteroatoms. The van der Waals surface area contributed by atoms with Crippen LogP contribution >= 0.6 is 23.5 Å². The molecule has 1 aromatic heterocycles. The van der Waals surface area contributed by atoms with Gasteiger partial charge in [0.2, 0.25) is 0 Å². The number of phosphoric acid groups is 3. The van der Waals surface area contributed by atoms with Crippen molar-refractivity contribution < 1.29 is 60.3 Å². The van der Waals surface area contributed by atoms with Crippen LogP contribution in [0.15, 0.2) is 82.5 Å². The van der Waals surface area contributed by atoms with E-state index in [9.17, 15) is 38.0 Å². The van der Waals surface area contributed by atoms with Gasteiger partial charge in [0.15, 0.2) is 12.5 Å². The van der Waals surface area contributed by atoms with Crippen molar-refractivity contribution in [1.82, 2.24) is 9.55 Å². The molecule has 0 amide bonds. The first-order chi connectivity index (χ1) is 21.3. The fourth-order valence-electron chi connectivity index (χ4n) is 4.67. The van der Waals surface area contributed by atoms with Gasteiger partial charge in [-0.25, -0.2) is 18.5 Å². The summed E-state index contributed by atoms with van der Waals surface area (Å²) in [5.41, 5.74) is -0.0281. The van der Waals surface area contributed by atoms with Gasteiger partial charge in [-0.2, -0.15) is 8.62 Å². The Balaban J connectivity index is 1.23. The zero-order valence-electron chi connectivity index (χ0n) is 23.2. The zero-order chi connectivity index (χ0) is 32.2. The first-order valence-corrected chi connectivity index (χ1v) is 17.8. The fraction of sp³-hybridized carbons (Fsp3) is 0.360. The molecule has 0 saturated carbocycles. The second kappa shape index (κ2) is 14.0. The van der Waals surface area contributed by atoms with Gasteiger partial charge in [0.05, 0.1) is 13.2 Å². The molecule has 4 N–H and O–H groups in total. The van der Waals surface area contributed by atoms with Gasteiger partial charge in [0.1, 0.15) is 18.3 Å². The Bertz CT molecular complexity index is 1720. The summed E-state index contributed by atoms with van der Waals surface area (Å²) in [6.45, 7) is -1.28. The van der Waals surface area contributed by atoms with Gasteiger partial charge < -0.3 is 28.9 Å². The number of aromatic amines is 1.